The minimum absolute atomic E-state index is 0.187. The van der Waals surface area contributed by atoms with Gasteiger partial charge in [-0.1, -0.05) is 23.7 Å². The topological polar surface area (TPSA) is 21.6 Å². The van der Waals surface area contributed by atoms with Crippen LogP contribution in [0.4, 0.5) is 0 Å². The highest BCUT2D eigenvalue weighted by Gasteiger charge is 2.06. The van der Waals surface area contributed by atoms with Crippen molar-refractivity contribution in [2.45, 2.75) is 19.9 Å². The zero-order valence-corrected chi connectivity index (χ0v) is 9.38. The molecule has 0 spiro atoms. The molecule has 0 aromatic heterocycles. The number of nitrogens with zero attached hydrogens (tertiary/aromatic N) is 1. The van der Waals surface area contributed by atoms with Crippen LogP contribution in [-0.2, 0) is 0 Å². The second-order valence-electron chi connectivity index (χ2n) is 3.21. The first-order chi connectivity index (χ1) is 6.65. The maximum atomic E-state index is 6.06. The molecule has 0 unspecified atom stereocenters. The van der Waals surface area contributed by atoms with E-state index < -0.39 is 0 Å². The zero-order valence-electron chi connectivity index (χ0n) is 8.62. The molecule has 1 aromatic rings. The van der Waals surface area contributed by atoms with Crippen LogP contribution in [0.2, 0.25) is 0 Å². The molecule has 0 amide bonds. The molecule has 0 saturated carbocycles. The Labute approximate surface area is 89.6 Å². The summed E-state index contributed by atoms with van der Waals surface area (Å²) in [6, 6.07) is 7.77. The lowest BCUT2D eigenvalue weighted by Crippen LogP contribution is -2.00. The number of hydrogen-bond acceptors (Lipinski definition) is 2. The van der Waals surface area contributed by atoms with Crippen LogP contribution in [0.25, 0.3) is 0 Å². The predicted octanol–water partition coefficient (Wildman–Crippen LogP) is 3.09. The molecule has 0 fully saturated rings. The summed E-state index contributed by atoms with van der Waals surface area (Å²) in [7, 11) is 1.62. The number of aliphatic imine (C=N–C) groups is 1. The van der Waals surface area contributed by atoms with Gasteiger partial charge < -0.3 is 4.74 Å². The van der Waals surface area contributed by atoms with Gasteiger partial charge in [0.1, 0.15) is 10.9 Å². The van der Waals surface area contributed by atoms with E-state index in [0.29, 0.717) is 5.17 Å². The van der Waals surface area contributed by atoms with E-state index in [2.05, 4.69) is 4.99 Å². The van der Waals surface area contributed by atoms with Crippen LogP contribution in [0, 0.1) is 0 Å². The van der Waals surface area contributed by atoms with E-state index in [9.17, 15) is 0 Å². The highest BCUT2D eigenvalue weighted by Crippen LogP contribution is 2.20. The molecule has 0 radical (unpaired) electrons. The number of rotatable bonds is 3. The maximum Gasteiger partial charge on any atom is 0.134 e. The van der Waals surface area contributed by atoms with Gasteiger partial charge in [0, 0.05) is 6.04 Å². The van der Waals surface area contributed by atoms with E-state index >= 15 is 0 Å². The van der Waals surface area contributed by atoms with E-state index in [0.717, 1.165) is 11.3 Å². The first kappa shape index (κ1) is 11.1. The van der Waals surface area contributed by atoms with Crippen LogP contribution in [-0.4, -0.2) is 18.3 Å². The van der Waals surface area contributed by atoms with Crippen LogP contribution in [0.5, 0.6) is 5.75 Å². The van der Waals surface area contributed by atoms with Gasteiger partial charge in [0.15, 0.2) is 0 Å². The SMILES string of the molecule is COc1ccccc1C(Cl)=NC(C)C. The molecule has 0 heterocycles. The smallest absolute Gasteiger partial charge is 0.134 e. The molecule has 0 saturated heterocycles. The van der Waals surface area contributed by atoms with Gasteiger partial charge in [0.05, 0.1) is 12.7 Å². The van der Waals surface area contributed by atoms with E-state index in [4.69, 9.17) is 16.3 Å². The highest BCUT2D eigenvalue weighted by molar-refractivity contribution is 6.69. The fourth-order valence-electron chi connectivity index (χ4n) is 1.11. The van der Waals surface area contributed by atoms with Crippen molar-refractivity contribution < 1.29 is 4.74 Å². The molecular weight excluding hydrogens is 198 g/mol. The highest BCUT2D eigenvalue weighted by atomic mass is 35.5. The number of hydrogen-bond donors (Lipinski definition) is 0. The first-order valence-electron chi connectivity index (χ1n) is 4.52. The van der Waals surface area contributed by atoms with Crippen LogP contribution < -0.4 is 4.74 Å². The molecule has 0 aliphatic carbocycles. The van der Waals surface area contributed by atoms with Crippen molar-refractivity contribution in [2.24, 2.45) is 4.99 Å². The first-order valence-corrected chi connectivity index (χ1v) is 4.89. The second kappa shape index (κ2) is 5.01. The van der Waals surface area contributed by atoms with Crippen molar-refractivity contribution >= 4 is 16.8 Å². The van der Waals surface area contributed by atoms with Gasteiger partial charge >= 0.3 is 0 Å². The van der Waals surface area contributed by atoms with Crippen molar-refractivity contribution in [1.29, 1.82) is 0 Å². The van der Waals surface area contributed by atoms with Crippen molar-refractivity contribution in [3.8, 4) is 5.75 Å². The molecule has 0 atom stereocenters. The molecule has 2 nitrogen and oxygen atoms in total. The van der Waals surface area contributed by atoms with Gasteiger partial charge in [-0.15, -0.1) is 0 Å². The van der Waals surface area contributed by atoms with Gasteiger partial charge in [-0.3, -0.25) is 4.99 Å². The number of halogens is 1. The fraction of sp³-hybridized carbons (Fsp3) is 0.364. The third-order valence-corrected chi connectivity index (χ3v) is 2.00. The van der Waals surface area contributed by atoms with Crippen LogP contribution in [0.3, 0.4) is 0 Å². The summed E-state index contributed by atoms with van der Waals surface area (Å²) in [6.45, 7) is 3.97. The number of ether oxygens (including phenoxy) is 1. The third-order valence-electron chi connectivity index (χ3n) is 1.70. The van der Waals surface area contributed by atoms with Gasteiger partial charge in [-0.05, 0) is 26.0 Å². The summed E-state index contributed by atoms with van der Waals surface area (Å²) in [5.41, 5.74) is 0.838. The van der Waals surface area contributed by atoms with Crippen molar-refractivity contribution in [3.05, 3.63) is 29.8 Å². The molecule has 0 aliphatic rings. The Balaban J connectivity index is 3.05. The molecular formula is C11H14ClNO. The lowest BCUT2D eigenvalue weighted by atomic mass is 10.2. The standard InChI is InChI=1S/C11H14ClNO/c1-8(2)13-11(12)9-6-4-5-7-10(9)14-3/h4-8H,1-3H3. The lowest BCUT2D eigenvalue weighted by molar-refractivity contribution is 0.414. The quantitative estimate of drug-likeness (QED) is 0.705. The molecule has 1 aromatic carbocycles. The Hall–Kier alpha value is -1.02. The summed E-state index contributed by atoms with van der Waals surface area (Å²) in [5.74, 6) is 0.752. The van der Waals surface area contributed by atoms with Gasteiger partial charge in [0.2, 0.25) is 0 Å². The monoisotopic (exact) mass is 211 g/mol. The van der Waals surface area contributed by atoms with Crippen molar-refractivity contribution in [3.63, 3.8) is 0 Å². The summed E-state index contributed by atoms with van der Waals surface area (Å²) >= 11 is 6.06. The lowest BCUT2D eigenvalue weighted by Gasteiger charge is -2.06. The Bertz CT molecular complexity index is 334. The van der Waals surface area contributed by atoms with Gasteiger partial charge in [0.25, 0.3) is 0 Å². The number of para-hydroxylation sites is 1. The molecule has 14 heavy (non-hydrogen) atoms. The van der Waals surface area contributed by atoms with E-state index in [1.54, 1.807) is 7.11 Å². The summed E-state index contributed by atoms with van der Waals surface area (Å²) < 4.78 is 5.18. The van der Waals surface area contributed by atoms with E-state index in [1.807, 2.05) is 38.1 Å². The summed E-state index contributed by atoms with van der Waals surface area (Å²) in [5, 5.41) is 0.498. The van der Waals surface area contributed by atoms with Crippen LogP contribution in [0.15, 0.2) is 29.3 Å². The molecule has 76 valence electrons. The van der Waals surface area contributed by atoms with E-state index in [1.165, 1.54) is 0 Å². The van der Waals surface area contributed by atoms with Crippen molar-refractivity contribution in [1.82, 2.24) is 0 Å². The number of methoxy groups -OCH3 is 1. The van der Waals surface area contributed by atoms with E-state index in [-0.39, 0.29) is 6.04 Å². The molecule has 3 heteroatoms. The molecule has 0 aliphatic heterocycles. The van der Waals surface area contributed by atoms with Crippen LogP contribution in [0.1, 0.15) is 19.4 Å². The minimum Gasteiger partial charge on any atom is -0.496 e. The predicted molar refractivity (Wildman–Crippen MR) is 60.5 cm³/mol. The maximum absolute atomic E-state index is 6.06. The fourth-order valence-corrected chi connectivity index (χ4v) is 1.46. The van der Waals surface area contributed by atoms with Crippen LogP contribution >= 0.6 is 11.6 Å². The Morgan fingerprint density at radius 3 is 2.57 bits per heavy atom. The molecule has 1 rings (SSSR count). The zero-order chi connectivity index (χ0) is 10.6. The number of benzene rings is 1. The Morgan fingerprint density at radius 1 is 1.36 bits per heavy atom. The molecule has 0 bridgehead atoms. The summed E-state index contributed by atoms with van der Waals surface area (Å²) in [4.78, 5) is 4.26. The minimum atomic E-state index is 0.187. The average Bonchev–Trinajstić information content (AvgIpc) is 2.16. The third kappa shape index (κ3) is 2.74. The summed E-state index contributed by atoms with van der Waals surface area (Å²) in [6.07, 6.45) is 0. The van der Waals surface area contributed by atoms with Crippen molar-refractivity contribution in [2.75, 3.05) is 7.11 Å². The molecule has 0 N–H and O–H groups in total. The van der Waals surface area contributed by atoms with Gasteiger partial charge in [-0.25, -0.2) is 0 Å². The van der Waals surface area contributed by atoms with Gasteiger partial charge in [-0.2, -0.15) is 0 Å². The normalized spacial score (nSPS) is 11.9. The average molecular weight is 212 g/mol. The largest absolute Gasteiger partial charge is 0.496 e. The second-order valence-corrected chi connectivity index (χ2v) is 3.57. The Kier molecular flexibility index (Phi) is 3.96. The Morgan fingerprint density at radius 2 is 2.00 bits per heavy atom.